The second-order valence-corrected chi connectivity index (χ2v) is 4.09. The van der Waals surface area contributed by atoms with Gasteiger partial charge in [0.25, 0.3) is 0 Å². The largest absolute Gasteiger partial charge is 0.384 e. The molecule has 0 radical (unpaired) electrons. The van der Waals surface area contributed by atoms with Crippen molar-refractivity contribution in [3.8, 4) is 0 Å². The van der Waals surface area contributed by atoms with Crippen molar-refractivity contribution >= 4 is 0 Å². The van der Waals surface area contributed by atoms with Crippen molar-refractivity contribution in [2.75, 3.05) is 13.7 Å². The van der Waals surface area contributed by atoms with E-state index in [9.17, 15) is 0 Å². The summed E-state index contributed by atoms with van der Waals surface area (Å²) >= 11 is 0. The molecule has 0 saturated carbocycles. The van der Waals surface area contributed by atoms with Crippen LogP contribution in [-0.2, 0) is 11.2 Å². The minimum Gasteiger partial charge on any atom is -0.384 e. The number of allylic oxidation sites excluding steroid dienone is 1. The van der Waals surface area contributed by atoms with Gasteiger partial charge < -0.3 is 10.1 Å². The minimum absolute atomic E-state index is 0.327. The van der Waals surface area contributed by atoms with Crippen LogP contribution in [0.15, 0.2) is 42.6 Å². The van der Waals surface area contributed by atoms with Crippen LogP contribution in [0.4, 0.5) is 0 Å². The predicted octanol–water partition coefficient (Wildman–Crippen LogP) is 2.76. The number of ether oxygens (including phenoxy) is 1. The first kappa shape index (κ1) is 12.8. The molecule has 0 amide bonds. The van der Waals surface area contributed by atoms with Crippen LogP contribution >= 0.6 is 0 Å². The SMILES string of the molecule is C=C(CCc1ccccc1)N[C@@H](C)COC. The van der Waals surface area contributed by atoms with E-state index >= 15 is 0 Å². The summed E-state index contributed by atoms with van der Waals surface area (Å²) in [6, 6.07) is 10.8. The lowest BCUT2D eigenvalue weighted by atomic mass is 10.1. The number of benzene rings is 1. The molecule has 0 unspecified atom stereocenters. The van der Waals surface area contributed by atoms with Gasteiger partial charge in [0.1, 0.15) is 0 Å². The number of aryl methyl sites for hydroxylation is 1. The Morgan fingerprint density at radius 1 is 1.38 bits per heavy atom. The quantitative estimate of drug-likeness (QED) is 0.761. The number of nitrogens with one attached hydrogen (secondary N) is 1. The summed E-state index contributed by atoms with van der Waals surface area (Å²) in [5.74, 6) is 0. The number of methoxy groups -OCH3 is 1. The molecule has 0 spiro atoms. The van der Waals surface area contributed by atoms with Crippen molar-refractivity contribution in [2.24, 2.45) is 0 Å². The molecular weight excluding hydrogens is 198 g/mol. The Hall–Kier alpha value is -1.28. The van der Waals surface area contributed by atoms with Crippen LogP contribution < -0.4 is 5.32 Å². The van der Waals surface area contributed by atoms with Gasteiger partial charge in [-0.2, -0.15) is 0 Å². The van der Waals surface area contributed by atoms with Crippen LogP contribution in [0.5, 0.6) is 0 Å². The molecule has 0 aliphatic carbocycles. The topological polar surface area (TPSA) is 21.3 Å². The highest BCUT2D eigenvalue weighted by Gasteiger charge is 2.02. The van der Waals surface area contributed by atoms with Gasteiger partial charge in [-0.3, -0.25) is 0 Å². The molecular formula is C14H21NO. The summed E-state index contributed by atoms with van der Waals surface area (Å²) in [7, 11) is 1.71. The Morgan fingerprint density at radius 2 is 2.06 bits per heavy atom. The lowest BCUT2D eigenvalue weighted by molar-refractivity contribution is 0.176. The maximum absolute atomic E-state index is 5.06. The molecule has 0 fully saturated rings. The van der Waals surface area contributed by atoms with E-state index in [1.165, 1.54) is 5.56 Å². The Morgan fingerprint density at radius 3 is 2.69 bits per heavy atom. The Kier molecular flexibility index (Phi) is 5.65. The van der Waals surface area contributed by atoms with Gasteiger partial charge in [0, 0.05) is 18.8 Å². The summed E-state index contributed by atoms with van der Waals surface area (Å²) < 4.78 is 5.06. The van der Waals surface area contributed by atoms with Gasteiger partial charge >= 0.3 is 0 Å². The summed E-state index contributed by atoms with van der Waals surface area (Å²) in [5, 5.41) is 3.33. The van der Waals surface area contributed by atoms with Crippen LogP contribution in [0.1, 0.15) is 18.9 Å². The highest BCUT2D eigenvalue weighted by Crippen LogP contribution is 2.06. The maximum Gasteiger partial charge on any atom is 0.0661 e. The maximum atomic E-state index is 5.06. The van der Waals surface area contributed by atoms with Crippen molar-refractivity contribution in [3.05, 3.63) is 48.2 Å². The van der Waals surface area contributed by atoms with Gasteiger partial charge in [0.2, 0.25) is 0 Å². The van der Waals surface area contributed by atoms with Gasteiger partial charge in [0.05, 0.1) is 6.61 Å². The van der Waals surface area contributed by atoms with Gasteiger partial charge in [0.15, 0.2) is 0 Å². The molecule has 0 aliphatic heterocycles. The Balaban J connectivity index is 2.25. The van der Waals surface area contributed by atoms with Crippen molar-refractivity contribution in [1.82, 2.24) is 5.32 Å². The first-order valence-electron chi connectivity index (χ1n) is 5.69. The van der Waals surface area contributed by atoms with Crippen LogP contribution in [0.2, 0.25) is 0 Å². The van der Waals surface area contributed by atoms with Crippen molar-refractivity contribution in [3.63, 3.8) is 0 Å². The van der Waals surface area contributed by atoms with Gasteiger partial charge in [-0.25, -0.2) is 0 Å². The summed E-state index contributed by atoms with van der Waals surface area (Å²) in [5.41, 5.74) is 2.43. The smallest absolute Gasteiger partial charge is 0.0661 e. The zero-order valence-corrected chi connectivity index (χ0v) is 10.2. The predicted molar refractivity (Wildman–Crippen MR) is 68.4 cm³/mol. The first-order valence-corrected chi connectivity index (χ1v) is 5.69. The summed E-state index contributed by atoms with van der Waals surface area (Å²) in [6.45, 7) is 6.83. The van der Waals surface area contributed by atoms with Gasteiger partial charge in [-0.1, -0.05) is 36.9 Å². The summed E-state index contributed by atoms with van der Waals surface area (Å²) in [4.78, 5) is 0. The summed E-state index contributed by atoms with van der Waals surface area (Å²) in [6.07, 6.45) is 2.00. The molecule has 2 heteroatoms. The standard InChI is InChI=1S/C14H21NO/c1-12(15-13(2)11-16-3)9-10-14-7-5-4-6-8-14/h4-8,13,15H,1,9-11H2,2-3H3/t13-/m0/s1. The zero-order valence-electron chi connectivity index (χ0n) is 10.2. The van der Waals surface area contributed by atoms with E-state index in [4.69, 9.17) is 4.74 Å². The lowest BCUT2D eigenvalue weighted by Crippen LogP contribution is -2.29. The van der Waals surface area contributed by atoms with Gasteiger partial charge in [-0.15, -0.1) is 0 Å². The number of rotatable bonds is 7. The number of hydrogen-bond donors (Lipinski definition) is 1. The third-order valence-corrected chi connectivity index (χ3v) is 2.43. The molecule has 0 bridgehead atoms. The fraction of sp³-hybridized carbons (Fsp3) is 0.429. The van der Waals surface area contributed by atoms with Crippen LogP contribution in [-0.4, -0.2) is 19.8 Å². The van der Waals surface area contributed by atoms with E-state index in [-0.39, 0.29) is 0 Å². The molecule has 0 heterocycles. The molecule has 1 N–H and O–H groups in total. The molecule has 88 valence electrons. The minimum atomic E-state index is 0.327. The van der Waals surface area contributed by atoms with Gasteiger partial charge in [-0.05, 0) is 25.3 Å². The Bertz CT molecular complexity index is 308. The third-order valence-electron chi connectivity index (χ3n) is 2.43. The average Bonchev–Trinajstić information content (AvgIpc) is 2.28. The molecule has 1 rings (SSSR count). The van der Waals surface area contributed by atoms with E-state index in [2.05, 4.69) is 43.1 Å². The first-order chi connectivity index (χ1) is 7.72. The average molecular weight is 219 g/mol. The fourth-order valence-corrected chi connectivity index (χ4v) is 1.65. The van der Waals surface area contributed by atoms with E-state index in [1.54, 1.807) is 7.11 Å². The van der Waals surface area contributed by atoms with E-state index in [0.717, 1.165) is 18.5 Å². The molecule has 1 atom stereocenters. The van der Waals surface area contributed by atoms with Crippen molar-refractivity contribution in [1.29, 1.82) is 0 Å². The monoisotopic (exact) mass is 219 g/mol. The molecule has 0 aliphatic rings. The van der Waals surface area contributed by atoms with Crippen molar-refractivity contribution < 1.29 is 4.74 Å². The zero-order chi connectivity index (χ0) is 11.8. The van der Waals surface area contributed by atoms with Crippen LogP contribution in [0.25, 0.3) is 0 Å². The molecule has 2 nitrogen and oxygen atoms in total. The molecule has 0 saturated heterocycles. The van der Waals surface area contributed by atoms with E-state index < -0.39 is 0 Å². The van der Waals surface area contributed by atoms with Crippen molar-refractivity contribution in [2.45, 2.75) is 25.8 Å². The van der Waals surface area contributed by atoms with Crippen LogP contribution in [0.3, 0.4) is 0 Å². The molecule has 1 aromatic rings. The highest BCUT2D eigenvalue weighted by molar-refractivity contribution is 5.15. The molecule has 1 aromatic carbocycles. The Labute approximate surface area is 98.3 Å². The normalized spacial score (nSPS) is 12.1. The second-order valence-electron chi connectivity index (χ2n) is 4.09. The van der Waals surface area contributed by atoms with E-state index in [1.807, 2.05) is 6.07 Å². The third kappa shape index (κ3) is 4.99. The molecule has 16 heavy (non-hydrogen) atoms. The second kappa shape index (κ2) is 7.07. The van der Waals surface area contributed by atoms with E-state index in [0.29, 0.717) is 12.6 Å². The fourth-order valence-electron chi connectivity index (χ4n) is 1.65. The number of hydrogen-bond acceptors (Lipinski definition) is 2. The van der Waals surface area contributed by atoms with Crippen LogP contribution in [0, 0.1) is 0 Å². The lowest BCUT2D eigenvalue weighted by Gasteiger charge is -2.16. The molecule has 0 aromatic heterocycles. The highest BCUT2D eigenvalue weighted by atomic mass is 16.5.